The minimum absolute atomic E-state index is 0.0732. The molecule has 0 saturated heterocycles. The van der Waals surface area contributed by atoms with Gasteiger partial charge in [-0.1, -0.05) is 90.0 Å². The van der Waals surface area contributed by atoms with Crippen LogP contribution in [0.25, 0.3) is 0 Å². The number of hydrogen-bond donors (Lipinski definition) is 0. The van der Waals surface area contributed by atoms with Gasteiger partial charge in [-0.05, 0) is 103 Å². The van der Waals surface area contributed by atoms with Gasteiger partial charge in [0, 0.05) is 17.9 Å². The number of hydrogen-bond acceptors (Lipinski definition) is 1. The van der Waals surface area contributed by atoms with Crippen LogP contribution in [0.5, 0.6) is 0 Å². The fourth-order valence-corrected chi connectivity index (χ4v) is 9.46. The minimum atomic E-state index is 0.0732. The first-order valence-corrected chi connectivity index (χ1v) is 15.0. The third kappa shape index (κ3) is 4.64. The van der Waals surface area contributed by atoms with E-state index in [0.29, 0.717) is 23.0 Å². The van der Waals surface area contributed by atoms with E-state index in [1.54, 1.807) is 0 Å². The summed E-state index contributed by atoms with van der Waals surface area (Å²) in [6, 6.07) is 10.2. The predicted molar refractivity (Wildman–Crippen MR) is 150 cm³/mol. The van der Waals surface area contributed by atoms with Crippen LogP contribution >= 0.6 is 0 Å². The highest BCUT2D eigenvalue weighted by Crippen LogP contribution is 2.67. The summed E-state index contributed by atoms with van der Waals surface area (Å²) in [5.41, 5.74) is 2.81. The number of carbonyl (C=O) groups is 1. The first kappa shape index (κ1) is 25.8. The van der Waals surface area contributed by atoms with E-state index in [9.17, 15) is 4.79 Å². The van der Waals surface area contributed by atoms with Crippen molar-refractivity contribution in [2.24, 2.45) is 52.3 Å². The Hall–Kier alpha value is -1.81. The van der Waals surface area contributed by atoms with Gasteiger partial charge < -0.3 is 0 Å². The number of ketones is 1. The van der Waals surface area contributed by atoms with Crippen molar-refractivity contribution in [1.29, 1.82) is 0 Å². The molecule has 0 unspecified atom stereocenters. The average Bonchev–Trinajstić information content (AvgIpc) is 3.21. The Bertz CT molecular complexity index is 1040. The highest BCUT2D eigenvalue weighted by atomic mass is 16.1. The molecule has 8 atom stereocenters. The van der Waals surface area contributed by atoms with Crippen molar-refractivity contribution in [2.75, 3.05) is 0 Å². The van der Waals surface area contributed by atoms with E-state index in [2.05, 4.69) is 64.7 Å². The lowest BCUT2D eigenvalue weighted by atomic mass is 9.44. The summed E-state index contributed by atoms with van der Waals surface area (Å²) in [5.74, 6) is 11.9. The van der Waals surface area contributed by atoms with Gasteiger partial charge in [0.1, 0.15) is 5.78 Å². The van der Waals surface area contributed by atoms with Gasteiger partial charge in [0.05, 0.1) is 0 Å². The highest BCUT2D eigenvalue weighted by Gasteiger charge is 2.61. The van der Waals surface area contributed by atoms with Crippen LogP contribution in [-0.4, -0.2) is 5.78 Å². The largest absolute Gasteiger partial charge is 0.299 e. The summed E-state index contributed by atoms with van der Waals surface area (Å²) in [4.78, 5) is 13.7. The van der Waals surface area contributed by atoms with Crippen LogP contribution in [0.3, 0.4) is 0 Å². The molecule has 3 saturated carbocycles. The van der Waals surface area contributed by atoms with Crippen LogP contribution in [0, 0.1) is 64.1 Å². The smallest absolute Gasteiger partial charge is 0.140 e. The van der Waals surface area contributed by atoms with E-state index < -0.39 is 0 Å². The second-order valence-corrected chi connectivity index (χ2v) is 13.9. The molecule has 0 N–H and O–H groups in total. The number of fused-ring (bicyclic) bond motifs is 5. The summed E-state index contributed by atoms with van der Waals surface area (Å²) < 4.78 is 0. The molecule has 0 amide bonds. The molecule has 3 fully saturated rings. The molecule has 1 heteroatoms. The Labute approximate surface area is 220 Å². The second-order valence-electron chi connectivity index (χ2n) is 13.9. The molecule has 1 aromatic rings. The van der Waals surface area contributed by atoms with Gasteiger partial charge in [0.25, 0.3) is 0 Å². The molecule has 5 rings (SSSR count). The van der Waals surface area contributed by atoms with Crippen LogP contribution in [0.15, 0.2) is 42.0 Å². The molecule has 0 radical (unpaired) electrons. The summed E-state index contributed by atoms with van der Waals surface area (Å²) in [5, 5.41) is 0. The van der Waals surface area contributed by atoms with E-state index in [4.69, 9.17) is 0 Å². The topological polar surface area (TPSA) is 17.1 Å². The first-order chi connectivity index (χ1) is 17.2. The Morgan fingerprint density at radius 3 is 2.42 bits per heavy atom. The van der Waals surface area contributed by atoms with Crippen molar-refractivity contribution in [3.8, 4) is 11.8 Å². The van der Waals surface area contributed by atoms with Crippen molar-refractivity contribution in [1.82, 2.24) is 0 Å². The van der Waals surface area contributed by atoms with E-state index in [0.717, 1.165) is 48.5 Å². The normalized spacial score (nSPS) is 38.3. The van der Waals surface area contributed by atoms with Gasteiger partial charge in [0.15, 0.2) is 0 Å². The van der Waals surface area contributed by atoms with Crippen molar-refractivity contribution < 1.29 is 4.79 Å². The van der Waals surface area contributed by atoms with E-state index in [1.165, 1.54) is 50.5 Å². The van der Waals surface area contributed by atoms with Gasteiger partial charge in [-0.15, -0.1) is 0 Å². The van der Waals surface area contributed by atoms with Crippen molar-refractivity contribution in [3.63, 3.8) is 0 Å². The first-order valence-electron chi connectivity index (χ1n) is 15.0. The molecule has 194 valence electrons. The lowest BCUT2D eigenvalue weighted by Gasteiger charge is -2.59. The summed E-state index contributed by atoms with van der Waals surface area (Å²) in [6.45, 7) is 12.3. The zero-order valence-corrected chi connectivity index (χ0v) is 23.5. The number of Topliss-reactive ketones (excluding diaryl/α,β-unsaturated/α-hetero) is 1. The van der Waals surface area contributed by atoms with Gasteiger partial charge in [0.2, 0.25) is 0 Å². The Kier molecular flexibility index (Phi) is 7.29. The number of carbonyl (C=O) groups excluding carboxylic acids is 1. The van der Waals surface area contributed by atoms with Crippen LogP contribution in [0.4, 0.5) is 0 Å². The number of allylic oxidation sites excluding steroid dienone is 2. The van der Waals surface area contributed by atoms with Crippen LogP contribution in [-0.2, 0) is 4.79 Å². The van der Waals surface area contributed by atoms with E-state index >= 15 is 0 Å². The van der Waals surface area contributed by atoms with Crippen molar-refractivity contribution in [2.45, 2.75) is 98.8 Å². The quantitative estimate of drug-likeness (QED) is 0.381. The zero-order chi connectivity index (χ0) is 25.5. The van der Waals surface area contributed by atoms with Crippen LogP contribution in [0.2, 0.25) is 0 Å². The molecular weight excluding hydrogens is 436 g/mol. The third-order valence-electron chi connectivity index (χ3n) is 11.4. The van der Waals surface area contributed by atoms with Crippen LogP contribution in [0.1, 0.15) is 104 Å². The average molecular weight is 485 g/mol. The molecule has 0 aromatic heterocycles. The summed E-state index contributed by atoms with van der Waals surface area (Å²) >= 11 is 0. The lowest BCUT2D eigenvalue weighted by molar-refractivity contribution is -0.146. The number of benzene rings is 1. The molecule has 1 aromatic carbocycles. The molecule has 0 spiro atoms. The second kappa shape index (κ2) is 10.2. The molecule has 1 nitrogen and oxygen atoms in total. The van der Waals surface area contributed by atoms with E-state index in [1.807, 2.05) is 18.2 Å². The Balaban J connectivity index is 1.32. The monoisotopic (exact) mass is 484 g/mol. The maximum atomic E-state index is 13.7. The predicted octanol–water partition coefficient (Wildman–Crippen LogP) is 8.87. The van der Waals surface area contributed by atoms with Crippen molar-refractivity contribution >= 4 is 5.78 Å². The summed E-state index contributed by atoms with van der Waals surface area (Å²) in [7, 11) is 0. The minimum Gasteiger partial charge on any atom is -0.299 e. The highest BCUT2D eigenvalue weighted by molar-refractivity contribution is 5.85. The maximum absolute atomic E-state index is 13.7. The molecule has 4 aliphatic rings. The van der Waals surface area contributed by atoms with Gasteiger partial charge >= 0.3 is 0 Å². The molecule has 0 bridgehead atoms. The third-order valence-corrected chi connectivity index (χ3v) is 11.4. The van der Waals surface area contributed by atoms with Crippen molar-refractivity contribution in [3.05, 3.63) is 47.5 Å². The fourth-order valence-electron chi connectivity index (χ4n) is 9.46. The molecular formula is C35H48O. The standard InChI is InChI=1S/C35H48O/c1-24(2)10-9-11-25(3)29-16-17-30-28-23-33(36)32-22-27(15-14-26-12-7-6-8-13-26)18-20-35(32,5)31(28)19-21-34(29,30)4/h6-8,12-13,22,24-25,28-32H,9-11,16-21,23H2,1-5H3/t25-,28-,29-,30+,31-,32-,34-,35-/m1/s1. The molecule has 0 aliphatic heterocycles. The van der Waals surface area contributed by atoms with E-state index in [-0.39, 0.29) is 11.3 Å². The summed E-state index contributed by atoms with van der Waals surface area (Å²) in [6.07, 6.45) is 14.8. The zero-order valence-electron chi connectivity index (χ0n) is 23.5. The van der Waals surface area contributed by atoms with Gasteiger partial charge in [-0.2, -0.15) is 0 Å². The SMILES string of the molecule is CC(C)CCC[C@@H](C)[C@H]1CC[C@H]2[C@H]3CC(=O)[C@H]4C=C(C#Cc5ccccc5)CC[C@]4(C)[C@@H]3CC[C@]12C. The van der Waals surface area contributed by atoms with Gasteiger partial charge in [-0.25, -0.2) is 0 Å². The fraction of sp³-hybridized carbons (Fsp3) is 0.686. The van der Waals surface area contributed by atoms with Crippen LogP contribution < -0.4 is 0 Å². The maximum Gasteiger partial charge on any atom is 0.140 e. The molecule has 4 aliphatic carbocycles. The van der Waals surface area contributed by atoms with Gasteiger partial charge in [-0.3, -0.25) is 4.79 Å². The molecule has 0 heterocycles. The number of rotatable bonds is 5. The Morgan fingerprint density at radius 1 is 0.917 bits per heavy atom. The lowest BCUT2D eigenvalue weighted by Crippen LogP contribution is -2.55. The molecule has 36 heavy (non-hydrogen) atoms. The Morgan fingerprint density at radius 2 is 1.67 bits per heavy atom.